The van der Waals surface area contributed by atoms with E-state index in [0.717, 1.165) is 35.9 Å². The van der Waals surface area contributed by atoms with Gasteiger partial charge >= 0.3 is 0 Å². The van der Waals surface area contributed by atoms with Crippen molar-refractivity contribution in [1.82, 2.24) is 14.9 Å². The first-order chi connectivity index (χ1) is 17.4. The molecule has 2 aliphatic heterocycles. The minimum Gasteiger partial charge on any atom is -0.353 e. The molecule has 3 aliphatic rings. The van der Waals surface area contributed by atoms with Gasteiger partial charge in [0.05, 0.1) is 5.92 Å². The van der Waals surface area contributed by atoms with Gasteiger partial charge in [0.15, 0.2) is 0 Å². The van der Waals surface area contributed by atoms with E-state index in [1.54, 1.807) is 4.90 Å². The second-order valence-electron chi connectivity index (χ2n) is 10.7. The first-order valence-corrected chi connectivity index (χ1v) is 13.4. The molecule has 0 spiro atoms. The van der Waals surface area contributed by atoms with E-state index in [0.29, 0.717) is 31.6 Å². The van der Waals surface area contributed by atoms with Gasteiger partial charge in [0.2, 0.25) is 17.8 Å². The zero-order chi connectivity index (χ0) is 25.2. The summed E-state index contributed by atoms with van der Waals surface area (Å²) < 4.78 is 0. The predicted octanol–water partition coefficient (Wildman–Crippen LogP) is 3.85. The van der Waals surface area contributed by atoms with Crippen LogP contribution >= 0.6 is 0 Å². The summed E-state index contributed by atoms with van der Waals surface area (Å²) in [6, 6.07) is 8.55. The van der Waals surface area contributed by atoms with E-state index in [9.17, 15) is 9.59 Å². The number of carbonyl (C=O) groups excluding carboxylic acids is 2. The van der Waals surface area contributed by atoms with Gasteiger partial charge < -0.3 is 20.0 Å². The molecule has 1 N–H and O–H groups in total. The fourth-order valence-corrected chi connectivity index (χ4v) is 5.64. The van der Waals surface area contributed by atoms with Crippen LogP contribution in [-0.2, 0) is 9.59 Å². The van der Waals surface area contributed by atoms with Crippen molar-refractivity contribution < 1.29 is 9.59 Å². The van der Waals surface area contributed by atoms with Crippen molar-refractivity contribution in [3.8, 4) is 0 Å². The largest absolute Gasteiger partial charge is 0.353 e. The maximum absolute atomic E-state index is 13.3. The Morgan fingerprint density at radius 2 is 1.69 bits per heavy atom. The number of rotatable bonds is 5. The average molecular weight is 491 g/mol. The molecular formula is C28H38N6O2. The summed E-state index contributed by atoms with van der Waals surface area (Å²) in [5.41, 5.74) is 4.20. The van der Waals surface area contributed by atoms with Crippen molar-refractivity contribution in [2.24, 2.45) is 5.92 Å². The number of piperazine rings is 1. The molecule has 2 aromatic rings. The summed E-state index contributed by atoms with van der Waals surface area (Å²) >= 11 is 0. The Labute approximate surface area is 214 Å². The summed E-state index contributed by atoms with van der Waals surface area (Å²) in [6.45, 7) is 9.32. The van der Waals surface area contributed by atoms with Crippen molar-refractivity contribution in [3.05, 3.63) is 41.1 Å². The number of aryl methyl sites for hydroxylation is 3. The lowest BCUT2D eigenvalue weighted by molar-refractivity contribution is -0.136. The molecule has 3 heterocycles. The quantitative estimate of drug-likeness (QED) is 0.686. The highest BCUT2D eigenvalue weighted by Crippen LogP contribution is 2.29. The lowest BCUT2D eigenvalue weighted by Gasteiger charge is -2.36. The van der Waals surface area contributed by atoms with Gasteiger partial charge in [0, 0.05) is 62.6 Å². The second kappa shape index (κ2) is 10.4. The molecule has 2 amide bonds. The second-order valence-corrected chi connectivity index (χ2v) is 10.7. The lowest BCUT2D eigenvalue weighted by atomic mass is 9.96. The van der Waals surface area contributed by atoms with E-state index in [4.69, 9.17) is 4.98 Å². The Morgan fingerprint density at radius 1 is 0.944 bits per heavy atom. The van der Waals surface area contributed by atoms with Crippen LogP contribution in [0.1, 0.15) is 55.3 Å². The Morgan fingerprint density at radius 3 is 2.42 bits per heavy atom. The number of nitrogens with zero attached hydrogens (tertiary/aromatic N) is 5. The summed E-state index contributed by atoms with van der Waals surface area (Å²) in [6.07, 6.45) is 6.49. The zero-order valence-corrected chi connectivity index (χ0v) is 21.8. The van der Waals surface area contributed by atoms with Crippen LogP contribution in [-0.4, -0.2) is 65.4 Å². The average Bonchev–Trinajstić information content (AvgIpc) is 3.27. The fourth-order valence-electron chi connectivity index (χ4n) is 5.64. The molecule has 0 bridgehead atoms. The van der Waals surface area contributed by atoms with Gasteiger partial charge in [-0.25, -0.2) is 4.98 Å². The Kier molecular flexibility index (Phi) is 7.12. The van der Waals surface area contributed by atoms with Crippen LogP contribution in [0.3, 0.4) is 0 Å². The first-order valence-electron chi connectivity index (χ1n) is 13.4. The van der Waals surface area contributed by atoms with Crippen molar-refractivity contribution in [2.45, 2.75) is 65.3 Å². The number of nitrogens with one attached hydrogen (secondary N) is 1. The van der Waals surface area contributed by atoms with Gasteiger partial charge in [0.1, 0.15) is 5.82 Å². The molecule has 5 rings (SSSR count). The number of hydrogen-bond acceptors (Lipinski definition) is 6. The molecule has 192 valence electrons. The summed E-state index contributed by atoms with van der Waals surface area (Å²) in [4.78, 5) is 41.4. The number of aromatic nitrogens is 2. The highest BCUT2D eigenvalue weighted by atomic mass is 16.2. The normalized spacial score (nSPS) is 21.2. The molecule has 2 saturated heterocycles. The van der Waals surface area contributed by atoms with E-state index < -0.39 is 0 Å². The smallest absolute Gasteiger partial charge is 0.228 e. The number of benzene rings is 1. The molecule has 1 aromatic carbocycles. The van der Waals surface area contributed by atoms with Crippen LogP contribution < -0.4 is 15.1 Å². The van der Waals surface area contributed by atoms with Crippen molar-refractivity contribution in [3.63, 3.8) is 0 Å². The monoisotopic (exact) mass is 490 g/mol. The summed E-state index contributed by atoms with van der Waals surface area (Å²) in [7, 11) is 0. The van der Waals surface area contributed by atoms with Crippen LogP contribution in [0.4, 0.5) is 17.5 Å². The molecule has 36 heavy (non-hydrogen) atoms. The highest BCUT2D eigenvalue weighted by molar-refractivity contribution is 6.00. The highest BCUT2D eigenvalue weighted by Gasteiger charge is 2.38. The number of hydrogen-bond donors (Lipinski definition) is 1. The van der Waals surface area contributed by atoms with Crippen LogP contribution in [0, 0.1) is 26.7 Å². The van der Waals surface area contributed by atoms with E-state index in [1.807, 2.05) is 36.1 Å². The molecule has 1 unspecified atom stereocenters. The van der Waals surface area contributed by atoms with Gasteiger partial charge in [-0.1, -0.05) is 25.3 Å². The fraction of sp³-hybridized carbons (Fsp3) is 0.571. The molecule has 1 aliphatic carbocycles. The van der Waals surface area contributed by atoms with E-state index >= 15 is 0 Å². The third kappa shape index (κ3) is 5.32. The minimum atomic E-state index is -0.279. The zero-order valence-electron chi connectivity index (χ0n) is 21.8. The maximum atomic E-state index is 13.3. The van der Waals surface area contributed by atoms with Crippen LogP contribution in [0.15, 0.2) is 24.3 Å². The minimum absolute atomic E-state index is 0.0321. The van der Waals surface area contributed by atoms with Crippen LogP contribution in [0.5, 0.6) is 0 Å². The third-order valence-corrected chi connectivity index (χ3v) is 7.97. The van der Waals surface area contributed by atoms with Gasteiger partial charge in [-0.05, 0) is 56.9 Å². The molecule has 3 fully saturated rings. The summed E-state index contributed by atoms with van der Waals surface area (Å²) in [5.74, 6) is 1.48. The Bertz CT molecular complexity index is 1120. The standard InChI is InChI=1S/C28H38N6O2/c1-19-9-10-24(15-20(19)2)34-18-22(17-26(34)35)27(36)33-13-11-32(12-14-33)25-16-21(3)29-28(31-25)30-23-7-5-4-6-8-23/h9-10,15-16,22-23H,4-8,11-14,17-18H2,1-3H3,(H,29,30,31). The van der Waals surface area contributed by atoms with Crippen LogP contribution in [0.25, 0.3) is 0 Å². The van der Waals surface area contributed by atoms with Crippen molar-refractivity contribution >= 4 is 29.3 Å². The Balaban J connectivity index is 1.18. The van der Waals surface area contributed by atoms with Crippen LogP contribution in [0.2, 0.25) is 0 Å². The molecule has 8 heteroatoms. The number of amides is 2. The van der Waals surface area contributed by atoms with Gasteiger partial charge in [-0.15, -0.1) is 0 Å². The van der Waals surface area contributed by atoms with Crippen molar-refractivity contribution in [2.75, 3.05) is 47.8 Å². The van der Waals surface area contributed by atoms with Crippen molar-refractivity contribution in [1.29, 1.82) is 0 Å². The molecule has 1 aromatic heterocycles. The molecule has 1 atom stereocenters. The van der Waals surface area contributed by atoms with E-state index in [2.05, 4.69) is 29.0 Å². The predicted molar refractivity (Wildman–Crippen MR) is 142 cm³/mol. The lowest BCUT2D eigenvalue weighted by Crippen LogP contribution is -2.51. The van der Waals surface area contributed by atoms with Gasteiger partial charge in [-0.2, -0.15) is 4.98 Å². The third-order valence-electron chi connectivity index (χ3n) is 7.97. The molecule has 8 nitrogen and oxygen atoms in total. The van der Waals surface area contributed by atoms with Gasteiger partial charge in [-0.3, -0.25) is 9.59 Å². The summed E-state index contributed by atoms with van der Waals surface area (Å²) in [5, 5.41) is 3.54. The molecular weight excluding hydrogens is 452 g/mol. The van der Waals surface area contributed by atoms with E-state index in [-0.39, 0.29) is 24.2 Å². The molecule has 1 saturated carbocycles. The van der Waals surface area contributed by atoms with E-state index in [1.165, 1.54) is 37.7 Å². The topological polar surface area (TPSA) is 81.7 Å². The first kappa shape index (κ1) is 24.5. The maximum Gasteiger partial charge on any atom is 0.228 e. The van der Waals surface area contributed by atoms with Gasteiger partial charge in [0.25, 0.3) is 0 Å². The number of carbonyl (C=O) groups is 2. The molecule has 0 radical (unpaired) electrons. The Hall–Kier alpha value is -3.16. The SMILES string of the molecule is Cc1cc(N2CCN(C(=O)C3CC(=O)N(c4ccc(C)c(C)c4)C3)CC2)nc(NC2CCCCC2)n1. The number of anilines is 3.